The molecule has 3 aromatic rings. The third-order valence-electron chi connectivity index (χ3n) is 6.08. The summed E-state index contributed by atoms with van der Waals surface area (Å²) in [6.45, 7) is 6.65. The van der Waals surface area contributed by atoms with E-state index in [1.54, 1.807) is 0 Å². The number of hydrogen-bond acceptors (Lipinski definition) is 3. The zero-order chi connectivity index (χ0) is 23.8. The summed E-state index contributed by atoms with van der Waals surface area (Å²) in [5.74, 6) is 0.138. The molecule has 174 valence electrons. The summed E-state index contributed by atoms with van der Waals surface area (Å²) in [4.78, 5) is 19.6. The normalized spacial score (nSPS) is 12.8. The quantitative estimate of drug-likeness (QED) is 0.354. The van der Waals surface area contributed by atoms with Crippen molar-refractivity contribution in [2.75, 3.05) is 13.7 Å². The van der Waals surface area contributed by atoms with Gasteiger partial charge in [-0.25, -0.2) is 9.37 Å². The maximum atomic E-state index is 13.7. The van der Waals surface area contributed by atoms with Crippen LogP contribution in [0.1, 0.15) is 49.0 Å². The van der Waals surface area contributed by atoms with E-state index in [9.17, 15) is 9.18 Å². The molecule has 0 aliphatic rings. The van der Waals surface area contributed by atoms with Gasteiger partial charge in [-0.1, -0.05) is 68.3 Å². The highest BCUT2D eigenvalue weighted by molar-refractivity contribution is 6.01. The fourth-order valence-corrected chi connectivity index (χ4v) is 4.37. The highest BCUT2D eigenvalue weighted by Gasteiger charge is 2.29. The molecule has 0 saturated carbocycles. The Bertz CT molecular complexity index is 1040. The number of amides is 1. The highest BCUT2D eigenvalue weighted by Crippen LogP contribution is 2.28. The fraction of sp³-hybridized carbons (Fsp3) is 0.357. The first-order valence-electron chi connectivity index (χ1n) is 11.6. The van der Waals surface area contributed by atoms with Crippen LogP contribution in [-0.4, -0.2) is 35.5 Å². The van der Waals surface area contributed by atoms with Crippen LogP contribution < -0.4 is 4.74 Å². The van der Waals surface area contributed by atoms with Gasteiger partial charge in [0.1, 0.15) is 5.82 Å². The van der Waals surface area contributed by atoms with Crippen LogP contribution in [-0.2, 0) is 0 Å². The van der Waals surface area contributed by atoms with Gasteiger partial charge in [0.05, 0.1) is 12.8 Å². The molecule has 1 heterocycles. The first kappa shape index (κ1) is 24.4. The third kappa shape index (κ3) is 6.19. The monoisotopic (exact) mass is 448 g/mol. The predicted octanol–water partition coefficient (Wildman–Crippen LogP) is 6.54. The minimum atomic E-state index is -0.392. The van der Waals surface area contributed by atoms with E-state index in [1.807, 2.05) is 67.4 Å². The molecule has 2 unspecified atom stereocenters. The van der Waals surface area contributed by atoms with Crippen molar-refractivity contribution in [1.29, 1.82) is 0 Å². The lowest BCUT2D eigenvalue weighted by Gasteiger charge is -2.34. The molecule has 33 heavy (non-hydrogen) atoms. The van der Waals surface area contributed by atoms with Crippen LogP contribution in [0, 0.1) is 18.7 Å². The van der Waals surface area contributed by atoms with Gasteiger partial charge in [0, 0.05) is 30.6 Å². The van der Waals surface area contributed by atoms with Gasteiger partial charge in [-0.05, 0) is 43.0 Å². The van der Waals surface area contributed by atoms with E-state index >= 15 is 0 Å². The smallest absolute Gasteiger partial charge is 0.254 e. The van der Waals surface area contributed by atoms with E-state index in [-0.39, 0.29) is 17.9 Å². The number of hydrogen-bond donors (Lipinski definition) is 0. The summed E-state index contributed by atoms with van der Waals surface area (Å²) < 4.78 is 19.1. The van der Waals surface area contributed by atoms with E-state index in [2.05, 4.69) is 18.8 Å². The molecule has 5 heteroatoms. The summed E-state index contributed by atoms with van der Waals surface area (Å²) in [7, 11) is 1.88. The Morgan fingerprint density at radius 1 is 1.09 bits per heavy atom. The maximum absolute atomic E-state index is 13.7. The number of pyridine rings is 1. The molecular weight excluding hydrogens is 415 g/mol. The van der Waals surface area contributed by atoms with Gasteiger partial charge in [0.2, 0.25) is 5.88 Å². The summed E-state index contributed by atoms with van der Waals surface area (Å²) in [6.07, 6.45) is 3.85. The number of halogens is 1. The summed E-state index contributed by atoms with van der Waals surface area (Å²) in [5.41, 5.74) is 3.72. The maximum Gasteiger partial charge on any atom is 0.254 e. The van der Waals surface area contributed by atoms with Crippen LogP contribution in [0.4, 0.5) is 4.39 Å². The Balaban J connectivity index is 1.84. The van der Waals surface area contributed by atoms with E-state index in [4.69, 9.17) is 4.74 Å². The second kappa shape index (κ2) is 11.6. The molecule has 0 N–H and O–H groups in total. The average Bonchev–Trinajstić information content (AvgIpc) is 2.84. The largest absolute Gasteiger partial charge is 0.477 e. The number of carbonyl (C=O) groups is 1. The fourth-order valence-electron chi connectivity index (χ4n) is 4.37. The number of rotatable bonds is 10. The first-order valence-corrected chi connectivity index (χ1v) is 11.6. The van der Waals surface area contributed by atoms with Crippen molar-refractivity contribution in [3.63, 3.8) is 0 Å². The van der Waals surface area contributed by atoms with Crippen molar-refractivity contribution in [2.24, 2.45) is 5.92 Å². The van der Waals surface area contributed by atoms with Crippen molar-refractivity contribution in [1.82, 2.24) is 9.88 Å². The molecular formula is C28H33FN2O2. The molecule has 2 atom stereocenters. The molecule has 0 spiro atoms. The van der Waals surface area contributed by atoms with Gasteiger partial charge in [0.25, 0.3) is 5.91 Å². The average molecular weight is 449 g/mol. The van der Waals surface area contributed by atoms with Crippen LogP contribution in [0.2, 0.25) is 0 Å². The molecule has 2 aromatic carbocycles. The predicted molar refractivity (Wildman–Crippen MR) is 131 cm³/mol. The SMILES string of the molecule is CCCC(COc1ccc(F)cn1)C(CC)N(C)C(=O)c1cc(C)ccc1-c1ccccc1. The minimum absolute atomic E-state index is 0.00188. The Labute approximate surface area is 196 Å². The van der Waals surface area contributed by atoms with Crippen molar-refractivity contribution < 1.29 is 13.9 Å². The summed E-state index contributed by atoms with van der Waals surface area (Å²) in [6, 6.07) is 18.9. The van der Waals surface area contributed by atoms with Crippen molar-refractivity contribution >= 4 is 5.91 Å². The van der Waals surface area contributed by atoms with Gasteiger partial charge in [0.15, 0.2) is 0 Å². The van der Waals surface area contributed by atoms with Crippen LogP contribution in [0.5, 0.6) is 5.88 Å². The molecule has 0 aliphatic carbocycles. The highest BCUT2D eigenvalue weighted by atomic mass is 19.1. The molecule has 0 aliphatic heterocycles. The van der Waals surface area contributed by atoms with Crippen LogP contribution in [0.3, 0.4) is 0 Å². The van der Waals surface area contributed by atoms with Crippen molar-refractivity contribution in [3.8, 4) is 17.0 Å². The molecule has 0 bridgehead atoms. The molecule has 3 rings (SSSR count). The van der Waals surface area contributed by atoms with E-state index in [0.717, 1.165) is 42.1 Å². The zero-order valence-electron chi connectivity index (χ0n) is 19.9. The van der Waals surface area contributed by atoms with Crippen molar-refractivity contribution in [2.45, 2.75) is 46.1 Å². The van der Waals surface area contributed by atoms with Gasteiger partial charge >= 0.3 is 0 Å². The topological polar surface area (TPSA) is 42.4 Å². The Morgan fingerprint density at radius 3 is 2.48 bits per heavy atom. The van der Waals surface area contributed by atoms with Crippen LogP contribution in [0.25, 0.3) is 11.1 Å². The summed E-state index contributed by atoms with van der Waals surface area (Å²) in [5, 5.41) is 0. The molecule has 0 radical (unpaired) electrons. The standard InChI is InChI=1S/C28H33FN2O2/c1-5-10-22(19-33-27-16-14-23(29)18-30-27)26(6-2)31(4)28(32)25-17-20(3)13-15-24(25)21-11-8-7-9-12-21/h7-9,11-18,22,26H,5-6,10,19H2,1-4H3. The third-order valence-corrected chi connectivity index (χ3v) is 6.08. The van der Waals surface area contributed by atoms with Crippen LogP contribution >= 0.6 is 0 Å². The Hall–Kier alpha value is -3.21. The molecule has 0 fully saturated rings. The second-order valence-corrected chi connectivity index (χ2v) is 8.48. The van der Waals surface area contributed by atoms with Crippen molar-refractivity contribution in [3.05, 3.63) is 83.8 Å². The van der Waals surface area contributed by atoms with Crippen LogP contribution in [0.15, 0.2) is 66.9 Å². The number of nitrogens with zero attached hydrogens (tertiary/aromatic N) is 2. The van der Waals surface area contributed by atoms with E-state index in [1.165, 1.54) is 12.1 Å². The number of benzene rings is 2. The molecule has 1 amide bonds. The lowest BCUT2D eigenvalue weighted by atomic mass is 9.91. The Morgan fingerprint density at radius 2 is 1.85 bits per heavy atom. The second-order valence-electron chi connectivity index (χ2n) is 8.48. The first-order chi connectivity index (χ1) is 15.9. The van der Waals surface area contributed by atoms with Gasteiger partial charge in [-0.2, -0.15) is 0 Å². The Kier molecular flexibility index (Phi) is 8.58. The minimum Gasteiger partial charge on any atom is -0.477 e. The molecule has 0 saturated heterocycles. The van der Waals surface area contributed by atoms with Gasteiger partial charge in [-0.3, -0.25) is 4.79 Å². The van der Waals surface area contributed by atoms with E-state index < -0.39 is 5.82 Å². The number of aromatic nitrogens is 1. The zero-order valence-corrected chi connectivity index (χ0v) is 19.9. The number of ether oxygens (including phenoxy) is 1. The van der Waals surface area contributed by atoms with Gasteiger partial charge in [-0.15, -0.1) is 0 Å². The van der Waals surface area contributed by atoms with Gasteiger partial charge < -0.3 is 9.64 Å². The van der Waals surface area contributed by atoms with E-state index in [0.29, 0.717) is 18.1 Å². The number of aryl methyl sites for hydroxylation is 1. The molecule has 1 aromatic heterocycles. The molecule has 4 nitrogen and oxygen atoms in total. The lowest BCUT2D eigenvalue weighted by Crippen LogP contribution is -2.43. The lowest BCUT2D eigenvalue weighted by molar-refractivity contribution is 0.0605. The summed E-state index contributed by atoms with van der Waals surface area (Å²) >= 11 is 0. The number of carbonyl (C=O) groups excluding carboxylic acids is 1.